The van der Waals surface area contributed by atoms with Crippen LogP contribution in [0.2, 0.25) is 5.15 Å². The maximum atomic E-state index is 9.70. The van der Waals surface area contributed by atoms with Crippen LogP contribution in [0, 0.1) is 0 Å². The zero-order chi connectivity index (χ0) is 14.9. The molecule has 1 aromatic carbocycles. The molecule has 0 unspecified atom stereocenters. The zero-order valence-electron chi connectivity index (χ0n) is 11.3. The monoisotopic (exact) mass is 356 g/mol. The van der Waals surface area contributed by atoms with Gasteiger partial charge in [0.25, 0.3) is 5.88 Å². The largest absolute Gasteiger partial charge is 0.503 e. The van der Waals surface area contributed by atoms with Crippen molar-refractivity contribution in [3.8, 4) is 17.4 Å². The molecule has 2 rings (SSSR count). The van der Waals surface area contributed by atoms with Gasteiger partial charge in [-0.3, -0.25) is 0 Å². The highest BCUT2D eigenvalue weighted by Crippen LogP contribution is 2.36. The number of ether oxygens (including phenoxy) is 1. The van der Waals surface area contributed by atoms with Crippen molar-refractivity contribution in [1.82, 2.24) is 10.2 Å². The lowest BCUT2D eigenvalue weighted by Gasteiger charge is -2.20. The Morgan fingerprint density at radius 2 is 1.90 bits per heavy atom. The second kappa shape index (κ2) is 5.58. The summed E-state index contributed by atoms with van der Waals surface area (Å²) in [4.78, 5) is 0. The van der Waals surface area contributed by atoms with E-state index in [1.165, 1.54) is 11.6 Å². The van der Waals surface area contributed by atoms with Crippen LogP contribution in [0.4, 0.5) is 0 Å². The third kappa shape index (κ3) is 3.41. The second-order valence-electron chi connectivity index (χ2n) is 5.35. The third-order valence-corrected chi connectivity index (χ3v) is 3.52. The molecule has 0 radical (unpaired) electrons. The van der Waals surface area contributed by atoms with Crippen molar-refractivity contribution in [2.75, 3.05) is 0 Å². The number of aromatic nitrogens is 2. The first-order valence-electron chi connectivity index (χ1n) is 5.97. The van der Waals surface area contributed by atoms with Crippen LogP contribution in [-0.4, -0.2) is 15.3 Å². The first-order chi connectivity index (χ1) is 9.27. The molecular weight excluding hydrogens is 344 g/mol. The lowest BCUT2D eigenvalue weighted by Crippen LogP contribution is -2.10. The van der Waals surface area contributed by atoms with E-state index in [0.29, 0.717) is 5.75 Å². The van der Waals surface area contributed by atoms with Crippen molar-refractivity contribution in [3.05, 3.63) is 39.5 Å². The van der Waals surface area contributed by atoms with E-state index < -0.39 is 0 Å². The van der Waals surface area contributed by atoms with E-state index in [9.17, 15) is 5.11 Å². The lowest BCUT2D eigenvalue weighted by molar-refractivity contribution is 0.390. The van der Waals surface area contributed by atoms with E-state index in [-0.39, 0.29) is 22.2 Å². The smallest absolute Gasteiger partial charge is 0.281 e. The molecule has 0 amide bonds. The van der Waals surface area contributed by atoms with Crippen LogP contribution in [0.15, 0.2) is 28.7 Å². The summed E-state index contributed by atoms with van der Waals surface area (Å²) in [7, 11) is 0. The van der Waals surface area contributed by atoms with Crippen LogP contribution in [0.25, 0.3) is 0 Å². The number of rotatable bonds is 2. The highest BCUT2D eigenvalue weighted by Gasteiger charge is 2.16. The predicted octanol–water partition coefficient (Wildman–Crippen LogP) is 4.69. The van der Waals surface area contributed by atoms with Gasteiger partial charge in [0.15, 0.2) is 10.9 Å². The average Bonchev–Trinajstić information content (AvgIpc) is 2.33. The first-order valence-corrected chi connectivity index (χ1v) is 7.14. The van der Waals surface area contributed by atoms with Gasteiger partial charge in [0.05, 0.1) is 4.47 Å². The Morgan fingerprint density at radius 1 is 1.20 bits per heavy atom. The molecule has 0 bridgehead atoms. The van der Waals surface area contributed by atoms with Gasteiger partial charge in [0, 0.05) is 6.07 Å². The molecule has 1 N–H and O–H groups in total. The summed E-state index contributed by atoms with van der Waals surface area (Å²) in [5, 5.41) is 17.2. The van der Waals surface area contributed by atoms with E-state index in [1.54, 1.807) is 0 Å². The minimum Gasteiger partial charge on any atom is -0.503 e. The van der Waals surface area contributed by atoms with Crippen LogP contribution < -0.4 is 4.74 Å². The molecule has 106 valence electrons. The number of nitrogens with zero attached hydrogens (tertiary/aromatic N) is 2. The molecule has 0 aliphatic heterocycles. The average molecular weight is 358 g/mol. The summed E-state index contributed by atoms with van der Waals surface area (Å²) in [6.45, 7) is 6.39. The minimum absolute atomic E-state index is 0.0126. The molecule has 6 heteroatoms. The SMILES string of the molecule is CC(C)(C)c1ccc(Oc2nnc(Cl)cc2O)c(Br)c1. The van der Waals surface area contributed by atoms with E-state index in [1.807, 2.05) is 18.2 Å². The number of halogens is 2. The van der Waals surface area contributed by atoms with E-state index in [2.05, 4.69) is 46.9 Å². The topological polar surface area (TPSA) is 55.2 Å². The Bertz CT molecular complexity index is 642. The van der Waals surface area contributed by atoms with E-state index in [0.717, 1.165) is 4.47 Å². The minimum atomic E-state index is -0.156. The van der Waals surface area contributed by atoms with Crippen LogP contribution >= 0.6 is 27.5 Å². The Balaban J connectivity index is 2.30. The van der Waals surface area contributed by atoms with E-state index in [4.69, 9.17) is 16.3 Å². The Hall–Kier alpha value is -1.33. The summed E-state index contributed by atoms with van der Waals surface area (Å²) in [6.07, 6.45) is 0. The van der Waals surface area contributed by atoms with Gasteiger partial charge < -0.3 is 9.84 Å². The van der Waals surface area contributed by atoms with Crippen LogP contribution in [0.5, 0.6) is 17.4 Å². The maximum absolute atomic E-state index is 9.70. The number of hydrogen-bond acceptors (Lipinski definition) is 4. The highest BCUT2D eigenvalue weighted by molar-refractivity contribution is 9.10. The van der Waals surface area contributed by atoms with Crippen molar-refractivity contribution < 1.29 is 9.84 Å². The van der Waals surface area contributed by atoms with Gasteiger partial charge in [-0.25, -0.2) is 0 Å². The summed E-state index contributed by atoms with van der Waals surface area (Å²) in [6, 6.07) is 7.05. The molecule has 20 heavy (non-hydrogen) atoms. The fraction of sp³-hybridized carbons (Fsp3) is 0.286. The molecule has 0 spiro atoms. The lowest BCUT2D eigenvalue weighted by atomic mass is 9.87. The van der Waals surface area contributed by atoms with Gasteiger partial charge in [0.2, 0.25) is 0 Å². The Kier molecular flexibility index (Phi) is 4.20. The molecule has 0 saturated carbocycles. The summed E-state index contributed by atoms with van der Waals surface area (Å²) < 4.78 is 6.31. The molecule has 1 aromatic heterocycles. The predicted molar refractivity (Wildman–Crippen MR) is 81.6 cm³/mol. The van der Waals surface area contributed by atoms with Crippen molar-refractivity contribution in [2.24, 2.45) is 0 Å². The molecule has 0 aliphatic rings. The molecule has 0 fully saturated rings. The van der Waals surface area contributed by atoms with Crippen molar-refractivity contribution in [1.29, 1.82) is 0 Å². The normalized spacial score (nSPS) is 11.4. The summed E-state index contributed by atoms with van der Waals surface area (Å²) >= 11 is 9.08. The van der Waals surface area contributed by atoms with Gasteiger partial charge in [0.1, 0.15) is 5.75 Å². The molecule has 1 heterocycles. The van der Waals surface area contributed by atoms with Crippen LogP contribution in [-0.2, 0) is 5.41 Å². The van der Waals surface area contributed by atoms with Gasteiger partial charge in [-0.05, 0) is 39.0 Å². The molecule has 4 nitrogen and oxygen atoms in total. The molecule has 0 aliphatic carbocycles. The van der Waals surface area contributed by atoms with Gasteiger partial charge >= 0.3 is 0 Å². The third-order valence-electron chi connectivity index (χ3n) is 2.72. The summed E-state index contributed by atoms with van der Waals surface area (Å²) in [5.74, 6) is 0.403. The molecular formula is C14H14BrClN2O2. The zero-order valence-corrected chi connectivity index (χ0v) is 13.7. The number of hydrogen-bond donors (Lipinski definition) is 1. The van der Waals surface area contributed by atoms with Crippen LogP contribution in [0.1, 0.15) is 26.3 Å². The van der Waals surface area contributed by atoms with Crippen molar-refractivity contribution in [3.63, 3.8) is 0 Å². The van der Waals surface area contributed by atoms with Crippen molar-refractivity contribution >= 4 is 27.5 Å². The van der Waals surface area contributed by atoms with Crippen LogP contribution in [0.3, 0.4) is 0 Å². The number of benzene rings is 1. The van der Waals surface area contributed by atoms with Gasteiger partial charge in [-0.1, -0.05) is 38.4 Å². The Labute approximate surface area is 130 Å². The Morgan fingerprint density at radius 3 is 2.45 bits per heavy atom. The standard InChI is InChI=1S/C14H14BrClN2O2/c1-14(2,3)8-4-5-11(9(15)6-8)20-13-10(19)7-12(16)17-18-13/h4-7H,1-3H3,(H,17,19). The maximum Gasteiger partial charge on any atom is 0.281 e. The summed E-state index contributed by atoms with van der Waals surface area (Å²) in [5.41, 5.74) is 1.21. The fourth-order valence-electron chi connectivity index (χ4n) is 1.57. The van der Waals surface area contributed by atoms with Crippen molar-refractivity contribution in [2.45, 2.75) is 26.2 Å². The molecule has 0 saturated heterocycles. The molecule has 0 atom stereocenters. The second-order valence-corrected chi connectivity index (χ2v) is 6.60. The van der Waals surface area contributed by atoms with E-state index >= 15 is 0 Å². The quantitative estimate of drug-likeness (QED) is 0.847. The molecule has 2 aromatic rings. The van der Waals surface area contributed by atoms with Gasteiger partial charge in [-0.2, -0.15) is 0 Å². The number of aromatic hydroxyl groups is 1. The fourth-order valence-corrected chi connectivity index (χ4v) is 2.18. The first kappa shape index (κ1) is 15.1. The highest BCUT2D eigenvalue weighted by atomic mass is 79.9. The van der Waals surface area contributed by atoms with Gasteiger partial charge in [-0.15, -0.1) is 10.2 Å².